The molecule has 0 aliphatic heterocycles. The Balaban J connectivity index is 3.15. The third-order valence-electron chi connectivity index (χ3n) is 7.02. The zero-order valence-electron chi connectivity index (χ0n) is 25.5. The van der Waals surface area contributed by atoms with E-state index in [2.05, 4.69) is 16.0 Å². The van der Waals surface area contributed by atoms with Crippen LogP contribution in [-0.4, -0.2) is 51.0 Å². The highest BCUT2D eigenvalue weighted by molar-refractivity contribution is 7.39. The third-order valence-corrected chi connectivity index (χ3v) is 7.39. The van der Waals surface area contributed by atoms with E-state index in [1.807, 2.05) is 20.8 Å². The van der Waals surface area contributed by atoms with Crippen molar-refractivity contribution in [2.45, 2.75) is 111 Å². The predicted octanol–water partition coefficient (Wildman–Crippen LogP) is 3.21. The van der Waals surface area contributed by atoms with Crippen molar-refractivity contribution in [2.24, 2.45) is 17.1 Å². The number of nitrogens with two attached hydrogens (primary N) is 1. The normalized spacial score (nSPS) is 14.1. The van der Waals surface area contributed by atoms with E-state index in [9.17, 15) is 19.2 Å². The van der Waals surface area contributed by atoms with Gasteiger partial charge < -0.3 is 36.0 Å². The first-order valence-electron chi connectivity index (χ1n) is 14.2. The number of carbonyl (C=O) groups excluding carboxylic acids is 4. The van der Waals surface area contributed by atoms with Crippen LogP contribution >= 0.6 is 8.60 Å². The van der Waals surface area contributed by atoms with Crippen LogP contribution in [0.2, 0.25) is 0 Å². The summed E-state index contributed by atoms with van der Waals surface area (Å²) in [4.78, 5) is 69.8. The lowest BCUT2D eigenvalue weighted by molar-refractivity contribution is -0.134. The van der Waals surface area contributed by atoms with Gasteiger partial charge in [0.1, 0.15) is 17.8 Å². The topological polar surface area (TPSA) is 180 Å². The molecule has 0 aliphatic rings. The molecule has 0 spiro atoms. The second-order valence-electron chi connectivity index (χ2n) is 11.9. The summed E-state index contributed by atoms with van der Waals surface area (Å²) in [6.45, 7) is 12.9. The summed E-state index contributed by atoms with van der Waals surface area (Å²) >= 11 is 0. The van der Waals surface area contributed by atoms with Crippen LogP contribution in [0.15, 0.2) is 24.3 Å². The molecule has 0 fully saturated rings. The van der Waals surface area contributed by atoms with Crippen LogP contribution in [0, 0.1) is 11.3 Å². The number of amides is 4. The van der Waals surface area contributed by atoms with E-state index in [-0.39, 0.29) is 30.4 Å². The molecule has 0 aromatic heterocycles. The van der Waals surface area contributed by atoms with E-state index in [4.69, 9.17) is 20.0 Å². The average molecular weight is 597 g/mol. The number of hydrogen-bond acceptors (Lipinski definition) is 7. The minimum absolute atomic E-state index is 0.145. The summed E-state index contributed by atoms with van der Waals surface area (Å²) in [6.07, 6.45) is 3.87. The molecule has 0 bridgehead atoms. The van der Waals surface area contributed by atoms with Crippen molar-refractivity contribution in [3.05, 3.63) is 29.8 Å². The molecule has 1 rings (SSSR count). The number of unbranched alkanes of at least 4 members (excludes halogenated alkanes) is 2. The van der Waals surface area contributed by atoms with E-state index in [0.717, 1.165) is 12.8 Å². The van der Waals surface area contributed by atoms with Crippen LogP contribution in [0.3, 0.4) is 0 Å². The van der Waals surface area contributed by atoms with Gasteiger partial charge in [-0.25, -0.2) is 0 Å². The molecular weight excluding hydrogens is 547 g/mol. The van der Waals surface area contributed by atoms with Gasteiger partial charge in [-0.2, -0.15) is 0 Å². The number of benzene rings is 1. The van der Waals surface area contributed by atoms with Gasteiger partial charge in [0.25, 0.3) is 0 Å². The molecule has 0 saturated heterocycles. The molecule has 0 aliphatic carbocycles. The summed E-state index contributed by atoms with van der Waals surface area (Å²) in [5, 5.41) is 8.65. The van der Waals surface area contributed by atoms with E-state index in [0.29, 0.717) is 24.8 Å². The Morgan fingerprint density at radius 2 is 1.59 bits per heavy atom. The van der Waals surface area contributed by atoms with Crippen molar-refractivity contribution in [3.63, 3.8) is 0 Å². The van der Waals surface area contributed by atoms with Crippen molar-refractivity contribution in [2.75, 3.05) is 0 Å². The summed E-state index contributed by atoms with van der Waals surface area (Å²) in [6, 6.07) is 4.58. The third kappa shape index (κ3) is 13.2. The lowest BCUT2D eigenvalue weighted by Crippen LogP contribution is -2.59. The van der Waals surface area contributed by atoms with Gasteiger partial charge >= 0.3 is 8.60 Å². The highest BCUT2D eigenvalue weighted by atomic mass is 31.2. The molecule has 7 N–H and O–H groups in total. The molecule has 1 aromatic carbocycles. The first-order valence-corrected chi connectivity index (χ1v) is 15.3. The predicted molar refractivity (Wildman–Crippen MR) is 159 cm³/mol. The van der Waals surface area contributed by atoms with E-state index in [1.54, 1.807) is 52.0 Å². The summed E-state index contributed by atoms with van der Waals surface area (Å²) in [5.41, 5.74) is 4.60. The molecule has 4 amide bonds. The van der Waals surface area contributed by atoms with Gasteiger partial charge in [0, 0.05) is 23.8 Å². The SMILES string of the molecule is CCCCCC(=O)NC(Cc1ccc(OP(O)O)cc1)C(=O)NC(C(=O)NC(C)(C)CC(C)(C)C(N)=O)C(C)CC. The minimum atomic E-state index is -2.56. The first kappa shape index (κ1) is 36.3. The Morgan fingerprint density at radius 3 is 2.10 bits per heavy atom. The number of primary amides is 1. The number of hydrogen-bond donors (Lipinski definition) is 6. The Bertz CT molecular complexity index is 1010. The second-order valence-corrected chi connectivity index (χ2v) is 12.6. The smallest absolute Gasteiger partial charge is 0.391 e. The maximum Gasteiger partial charge on any atom is 0.391 e. The van der Waals surface area contributed by atoms with Crippen LogP contribution in [-0.2, 0) is 25.6 Å². The number of nitrogens with one attached hydrogen (secondary N) is 3. The Kier molecular flexibility index (Phi) is 14.7. The van der Waals surface area contributed by atoms with Crippen molar-refractivity contribution in [1.82, 2.24) is 16.0 Å². The van der Waals surface area contributed by atoms with Gasteiger partial charge in [0.2, 0.25) is 23.6 Å². The average Bonchev–Trinajstić information content (AvgIpc) is 2.86. The summed E-state index contributed by atoms with van der Waals surface area (Å²) < 4.78 is 4.90. The molecule has 0 saturated carbocycles. The molecular formula is C29H49N4O7P. The largest absolute Gasteiger partial charge is 0.427 e. The van der Waals surface area contributed by atoms with E-state index >= 15 is 0 Å². The quantitative estimate of drug-likeness (QED) is 0.111. The number of rotatable bonds is 18. The molecule has 232 valence electrons. The van der Waals surface area contributed by atoms with Crippen LogP contribution < -0.4 is 26.2 Å². The highest BCUT2D eigenvalue weighted by Gasteiger charge is 2.37. The van der Waals surface area contributed by atoms with Crippen molar-refractivity contribution < 1.29 is 33.5 Å². The Morgan fingerprint density at radius 1 is 0.976 bits per heavy atom. The Labute approximate surface area is 245 Å². The molecule has 12 heteroatoms. The fraction of sp³-hybridized carbons (Fsp3) is 0.655. The van der Waals surface area contributed by atoms with Gasteiger partial charge in [0.15, 0.2) is 0 Å². The first-order chi connectivity index (χ1) is 19.0. The zero-order valence-corrected chi connectivity index (χ0v) is 26.3. The fourth-order valence-corrected chi connectivity index (χ4v) is 4.94. The van der Waals surface area contributed by atoms with Crippen molar-refractivity contribution in [3.8, 4) is 5.75 Å². The maximum atomic E-state index is 13.6. The van der Waals surface area contributed by atoms with Crippen molar-refractivity contribution in [1.29, 1.82) is 0 Å². The molecule has 3 unspecified atom stereocenters. The summed E-state index contributed by atoms with van der Waals surface area (Å²) in [5.74, 6) is -1.59. The van der Waals surface area contributed by atoms with E-state index < -0.39 is 49.4 Å². The molecule has 3 atom stereocenters. The lowest BCUT2D eigenvalue weighted by atomic mass is 9.79. The molecule has 41 heavy (non-hydrogen) atoms. The van der Waals surface area contributed by atoms with Gasteiger partial charge in [-0.1, -0.05) is 66.0 Å². The monoisotopic (exact) mass is 596 g/mol. The standard InChI is InChI=1S/C29H49N4O7P/c1-8-10-11-12-23(34)31-22(17-20-13-15-21(16-14-20)40-41(38)39)25(35)32-24(19(3)9-2)26(36)33-29(6,7)18-28(4,5)27(30)37/h13-16,19,22,24,38-39H,8-12,17-18H2,1-7H3,(H2,30,37)(H,31,34)(H,32,35)(H,33,36). The van der Waals surface area contributed by atoms with Crippen LogP contribution in [0.1, 0.15) is 92.6 Å². The minimum Gasteiger partial charge on any atom is -0.427 e. The molecule has 11 nitrogen and oxygen atoms in total. The van der Waals surface area contributed by atoms with Crippen LogP contribution in [0.5, 0.6) is 5.75 Å². The van der Waals surface area contributed by atoms with Gasteiger partial charge in [-0.05, 0) is 50.3 Å². The molecule has 1 aromatic rings. The zero-order chi connectivity index (χ0) is 31.4. The fourth-order valence-electron chi connectivity index (χ4n) is 4.63. The van der Waals surface area contributed by atoms with Crippen LogP contribution in [0.4, 0.5) is 0 Å². The second kappa shape index (κ2) is 16.6. The van der Waals surface area contributed by atoms with E-state index in [1.165, 1.54) is 0 Å². The number of carbonyl (C=O) groups is 4. The highest BCUT2D eigenvalue weighted by Crippen LogP contribution is 2.29. The Hall–Kier alpha value is -2.75. The summed E-state index contributed by atoms with van der Waals surface area (Å²) in [7, 11) is -2.56. The van der Waals surface area contributed by atoms with Gasteiger partial charge in [-0.3, -0.25) is 19.2 Å². The molecule has 0 radical (unpaired) electrons. The lowest BCUT2D eigenvalue weighted by Gasteiger charge is -2.36. The maximum absolute atomic E-state index is 13.6. The van der Waals surface area contributed by atoms with Gasteiger partial charge in [-0.15, -0.1) is 0 Å². The molecule has 0 heterocycles. The van der Waals surface area contributed by atoms with Crippen molar-refractivity contribution >= 4 is 32.2 Å². The van der Waals surface area contributed by atoms with Crippen LogP contribution in [0.25, 0.3) is 0 Å². The van der Waals surface area contributed by atoms with Gasteiger partial charge in [0.05, 0.1) is 0 Å².